The van der Waals surface area contributed by atoms with Gasteiger partial charge in [0, 0.05) is 0 Å². The lowest BCUT2D eigenvalue weighted by Crippen LogP contribution is -1.99. The Labute approximate surface area is 153 Å². The summed E-state index contributed by atoms with van der Waals surface area (Å²) in [6.07, 6.45) is 1.67. The molecule has 0 heterocycles. The first kappa shape index (κ1) is 17.5. The molecule has 1 N–H and O–H groups in total. The van der Waals surface area contributed by atoms with Crippen LogP contribution in [-0.4, -0.2) is 11.1 Å². The zero-order valence-corrected chi connectivity index (χ0v) is 14.8. The number of hydrogen-bond donors (Lipinski definition) is 1. The van der Waals surface area contributed by atoms with E-state index in [0.29, 0.717) is 5.56 Å². The molecule has 0 saturated heterocycles. The van der Waals surface area contributed by atoms with Crippen LogP contribution in [0.1, 0.15) is 22.3 Å². The molecule has 0 aliphatic rings. The van der Waals surface area contributed by atoms with Crippen LogP contribution < -0.4 is 4.74 Å². The standard InChI is InChI=1S/C23H20O3/c1-16-7-6-8-17(2)22(16)26-20-13-11-18(12-14-20)15-21(23(24)25)19-9-4-3-5-10-19/h3-15H,1-2H3,(H,24,25)/b21-15-. The Morgan fingerprint density at radius 1 is 0.846 bits per heavy atom. The van der Waals surface area contributed by atoms with Gasteiger partial charge < -0.3 is 9.84 Å². The van der Waals surface area contributed by atoms with E-state index in [0.717, 1.165) is 28.2 Å². The Morgan fingerprint density at radius 3 is 2.04 bits per heavy atom. The predicted molar refractivity (Wildman–Crippen MR) is 104 cm³/mol. The van der Waals surface area contributed by atoms with Crippen molar-refractivity contribution < 1.29 is 14.6 Å². The fraction of sp³-hybridized carbons (Fsp3) is 0.0870. The van der Waals surface area contributed by atoms with Crippen molar-refractivity contribution in [2.24, 2.45) is 0 Å². The summed E-state index contributed by atoms with van der Waals surface area (Å²) in [6, 6.07) is 22.5. The lowest BCUT2D eigenvalue weighted by molar-refractivity contribution is -0.130. The minimum Gasteiger partial charge on any atom is -0.478 e. The maximum absolute atomic E-state index is 11.6. The minimum absolute atomic E-state index is 0.258. The molecule has 0 saturated carbocycles. The van der Waals surface area contributed by atoms with Crippen molar-refractivity contribution in [2.75, 3.05) is 0 Å². The minimum atomic E-state index is -0.952. The van der Waals surface area contributed by atoms with Gasteiger partial charge in [-0.15, -0.1) is 0 Å². The maximum Gasteiger partial charge on any atom is 0.336 e. The molecule has 0 atom stereocenters. The molecule has 0 bridgehead atoms. The second-order valence-corrected chi connectivity index (χ2v) is 6.12. The number of carboxylic acids is 1. The van der Waals surface area contributed by atoms with Crippen molar-refractivity contribution in [3.63, 3.8) is 0 Å². The molecule has 0 spiro atoms. The fourth-order valence-corrected chi connectivity index (χ4v) is 2.76. The van der Waals surface area contributed by atoms with Gasteiger partial charge in [0.05, 0.1) is 5.57 Å². The van der Waals surface area contributed by atoms with Gasteiger partial charge in [-0.25, -0.2) is 4.79 Å². The molecule has 3 heteroatoms. The van der Waals surface area contributed by atoms with Gasteiger partial charge in [-0.1, -0.05) is 60.7 Å². The molecule has 0 radical (unpaired) electrons. The van der Waals surface area contributed by atoms with E-state index in [4.69, 9.17) is 4.74 Å². The van der Waals surface area contributed by atoms with Crippen LogP contribution in [0.2, 0.25) is 0 Å². The molecule has 0 unspecified atom stereocenters. The molecule has 0 aliphatic heterocycles. The van der Waals surface area contributed by atoms with Gasteiger partial charge in [-0.3, -0.25) is 0 Å². The quantitative estimate of drug-likeness (QED) is 0.475. The monoisotopic (exact) mass is 344 g/mol. The topological polar surface area (TPSA) is 46.5 Å². The first-order chi connectivity index (χ1) is 12.5. The molecule has 3 nitrogen and oxygen atoms in total. The van der Waals surface area contributed by atoms with E-state index in [2.05, 4.69) is 0 Å². The van der Waals surface area contributed by atoms with Crippen molar-refractivity contribution in [3.05, 3.63) is 95.1 Å². The first-order valence-electron chi connectivity index (χ1n) is 8.39. The van der Waals surface area contributed by atoms with Gasteiger partial charge in [0.15, 0.2) is 0 Å². The molecule has 0 aromatic heterocycles. The van der Waals surface area contributed by atoms with Crippen LogP contribution in [0.4, 0.5) is 0 Å². The molecular formula is C23H20O3. The maximum atomic E-state index is 11.6. The highest BCUT2D eigenvalue weighted by Gasteiger charge is 2.10. The van der Waals surface area contributed by atoms with Crippen LogP contribution in [-0.2, 0) is 4.79 Å². The largest absolute Gasteiger partial charge is 0.478 e. The van der Waals surface area contributed by atoms with Crippen molar-refractivity contribution in [3.8, 4) is 11.5 Å². The summed E-state index contributed by atoms with van der Waals surface area (Å²) in [7, 11) is 0. The number of rotatable bonds is 5. The molecule has 3 aromatic rings. The Bertz CT molecular complexity index is 919. The summed E-state index contributed by atoms with van der Waals surface area (Å²) >= 11 is 0. The van der Waals surface area contributed by atoms with E-state index in [1.54, 1.807) is 18.2 Å². The number of carboxylic acid groups (broad SMARTS) is 1. The Hall–Kier alpha value is -3.33. The van der Waals surface area contributed by atoms with E-state index in [9.17, 15) is 9.90 Å². The van der Waals surface area contributed by atoms with Crippen molar-refractivity contribution in [2.45, 2.75) is 13.8 Å². The summed E-state index contributed by atoms with van der Waals surface area (Å²) in [5.74, 6) is 0.620. The number of para-hydroxylation sites is 1. The van der Waals surface area contributed by atoms with Crippen molar-refractivity contribution in [1.29, 1.82) is 0 Å². The third-order valence-corrected chi connectivity index (χ3v) is 4.13. The first-order valence-corrected chi connectivity index (χ1v) is 8.39. The number of carbonyl (C=O) groups is 1. The molecule has 130 valence electrons. The molecule has 0 fully saturated rings. The zero-order valence-electron chi connectivity index (χ0n) is 14.8. The molecular weight excluding hydrogens is 324 g/mol. The Morgan fingerprint density at radius 2 is 1.46 bits per heavy atom. The van der Waals surface area contributed by atoms with Gasteiger partial charge >= 0.3 is 5.97 Å². The molecule has 0 aliphatic carbocycles. The average Bonchev–Trinajstić information content (AvgIpc) is 2.64. The summed E-state index contributed by atoms with van der Waals surface area (Å²) in [5, 5.41) is 9.51. The van der Waals surface area contributed by atoms with E-state index < -0.39 is 5.97 Å². The van der Waals surface area contributed by atoms with E-state index in [1.165, 1.54) is 0 Å². The van der Waals surface area contributed by atoms with E-state index in [-0.39, 0.29) is 5.57 Å². The highest BCUT2D eigenvalue weighted by Crippen LogP contribution is 2.29. The fourth-order valence-electron chi connectivity index (χ4n) is 2.76. The highest BCUT2D eigenvalue weighted by atomic mass is 16.5. The second kappa shape index (κ2) is 7.70. The lowest BCUT2D eigenvalue weighted by Gasteiger charge is -2.11. The van der Waals surface area contributed by atoms with E-state index in [1.807, 2.05) is 74.5 Å². The van der Waals surface area contributed by atoms with Gasteiger partial charge in [0.1, 0.15) is 11.5 Å². The van der Waals surface area contributed by atoms with Gasteiger partial charge in [-0.05, 0) is 54.3 Å². The SMILES string of the molecule is Cc1cccc(C)c1Oc1ccc(/C=C(\C(=O)O)c2ccccc2)cc1. The van der Waals surface area contributed by atoms with Crippen LogP contribution in [0.5, 0.6) is 11.5 Å². The second-order valence-electron chi connectivity index (χ2n) is 6.12. The van der Waals surface area contributed by atoms with Crippen LogP contribution in [0.3, 0.4) is 0 Å². The molecule has 0 amide bonds. The molecule has 26 heavy (non-hydrogen) atoms. The van der Waals surface area contributed by atoms with Crippen LogP contribution in [0.15, 0.2) is 72.8 Å². The van der Waals surface area contributed by atoms with Gasteiger partial charge in [0.2, 0.25) is 0 Å². The summed E-state index contributed by atoms with van der Waals surface area (Å²) < 4.78 is 5.99. The summed E-state index contributed by atoms with van der Waals surface area (Å²) in [5.41, 5.74) is 3.89. The molecule has 3 aromatic carbocycles. The number of benzene rings is 3. The van der Waals surface area contributed by atoms with E-state index >= 15 is 0 Å². The Balaban J connectivity index is 1.86. The van der Waals surface area contributed by atoms with Crippen LogP contribution >= 0.6 is 0 Å². The van der Waals surface area contributed by atoms with Gasteiger partial charge in [0.25, 0.3) is 0 Å². The number of aryl methyl sites for hydroxylation is 2. The number of aliphatic carboxylic acids is 1. The predicted octanol–water partition coefficient (Wildman–Crippen LogP) is 5.72. The Kier molecular flexibility index (Phi) is 5.18. The third-order valence-electron chi connectivity index (χ3n) is 4.13. The third kappa shape index (κ3) is 4.01. The smallest absolute Gasteiger partial charge is 0.336 e. The van der Waals surface area contributed by atoms with Gasteiger partial charge in [-0.2, -0.15) is 0 Å². The van der Waals surface area contributed by atoms with Crippen LogP contribution in [0, 0.1) is 13.8 Å². The summed E-state index contributed by atoms with van der Waals surface area (Å²) in [6.45, 7) is 4.02. The average molecular weight is 344 g/mol. The normalized spacial score (nSPS) is 11.2. The zero-order chi connectivity index (χ0) is 18.5. The molecule has 3 rings (SSSR count). The van der Waals surface area contributed by atoms with Crippen LogP contribution in [0.25, 0.3) is 11.6 Å². The van der Waals surface area contributed by atoms with Crippen molar-refractivity contribution >= 4 is 17.6 Å². The summed E-state index contributed by atoms with van der Waals surface area (Å²) in [4.78, 5) is 11.6. The van der Waals surface area contributed by atoms with Crippen molar-refractivity contribution in [1.82, 2.24) is 0 Å². The highest BCUT2D eigenvalue weighted by molar-refractivity contribution is 6.20. The number of hydrogen-bond acceptors (Lipinski definition) is 2. The lowest BCUT2D eigenvalue weighted by atomic mass is 10.0. The number of ether oxygens (including phenoxy) is 1.